The zero-order chi connectivity index (χ0) is 13.9. The molecule has 0 atom stereocenters. The van der Waals surface area contributed by atoms with Crippen LogP contribution in [0.25, 0.3) is 17.5 Å². The van der Waals surface area contributed by atoms with Crippen molar-refractivity contribution in [3.63, 3.8) is 0 Å². The lowest BCUT2D eigenvalue weighted by Crippen LogP contribution is -2.10. The fourth-order valence-corrected chi connectivity index (χ4v) is 1.63. The van der Waals surface area contributed by atoms with E-state index in [-0.39, 0.29) is 17.6 Å². The van der Waals surface area contributed by atoms with Crippen LogP contribution in [0.1, 0.15) is 6.92 Å². The first-order valence-electron chi connectivity index (χ1n) is 5.79. The average Bonchev–Trinajstić information content (AvgIpc) is 3.11. The highest BCUT2D eigenvalue weighted by molar-refractivity contribution is 5.87. The molecule has 1 N–H and O–H groups in total. The third-order valence-corrected chi connectivity index (χ3v) is 2.38. The molecule has 0 unspecified atom stereocenters. The second-order valence-electron chi connectivity index (χ2n) is 3.90. The first kappa shape index (κ1) is 12.0. The van der Waals surface area contributed by atoms with Crippen LogP contribution in [-0.2, 0) is 4.79 Å². The van der Waals surface area contributed by atoms with Gasteiger partial charge >= 0.3 is 0 Å². The summed E-state index contributed by atoms with van der Waals surface area (Å²) in [5.74, 6) is 1.17. The largest absolute Gasteiger partial charge is 0.442 e. The van der Waals surface area contributed by atoms with Crippen molar-refractivity contribution in [1.29, 1.82) is 0 Å². The van der Waals surface area contributed by atoms with Crippen molar-refractivity contribution in [2.24, 2.45) is 0 Å². The second kappa shape index (κ2) is 4.92. The monoisotopic (exact) mass is 270 g/mol. The number of carbonyl (C=O) groups excluding carboxylic acids is 1. The number of aromatic nitrogens is 5. The summed E-state index contributed by atoms with van der Waals surface area (Å²) in [5.41, 5.74) is 0. The molecule has 0 aliphatic carbocycles. The molecule has 3 aromatic heterocycles. The number of rotatable bonds is 3. The topological polar surface area (TPSA) is 98.7 Å². The average molecular weight is 270 g/mol. The van der Waals surface area contributed by atoms with E-state index < -0.39 is 0 Å². The molecule has 3 aromatic rings. The third-order valence-electron chi connectivity index (χ3n) is 2.38. The van der Waals surface area contributed by atoms with Gasteiger partial charge in [0.05, 0.1) is 6.20 Å². The molecule has 0 bridgehead atoms. The Balaban J connectivity index is 2.10. The molecule has 0 saturated carbocycles. The van der Waals surface area contributed by atoms with Crippen LogP contribution in [0.4, 0.5) is 5.82 Å². The normalized spacial score (nSPS) is 10.4. The number of anilines is 1. The van der Waals surface area contributed by atoms with Gasteiger partial charge in [0.15, 0.2) is 5.82 Å². The van der Waals surface area contributed by atoms with Crippen LogP contribution in [-0.4, -0.2) is 30.6 Å². The summed E-state index contributed by atoms with van der Waals surface area (Å²) in [6.07, 6.45) is 6.29. The number of amides is 1. The summed E-state index contributed by atoms with van der Waals surface area (Å²) in [6.45, 7) is 1.40. The lowest BCUT2D eigenvalue weighted by Gasteiger charge is -2.06. The molecule has 8 nitrogen and oxygen atoms in total. The lowest BCUT2D eigenvalue weighted by molar-refractivity contribution is -0.114. The number of nitrogens with one attached hydrogen (secondary N) is 1. The van der Waals surface area contributed by atoms with Crippen molar-refractivity contribution in [3.8, 4) is 17.5 Å². The van der Waals surface area contributed by atoms with E-state index >= 15 is 0 Å². The fraction of sp³-hybridized carbons (Fsp3) is 0.0833. The van der Waals surface area contributed by atoms with Gasteiger partial charge in [-0.2, -0.15) is 5.10 Å². The summed E-state index contributed by atoms with van der Waals surface area (Å²) in [6, 6.07) is 3.38. The van der Waals surface area contributed by atoms with Gasteiger partial charge in [-0.25, -0.2) is 19.6 Å². The van der Waals surface area contributed by atoms with Crippen LogP contribution in [0, 0.1) is 0 Å². The van der Waals surface area contributed by atoms with Crippen LogP contribution in [0.15, 0.2) is 41.4 Å². The van der Waals surface area contributed by atoms with Gasteiger partial charge in [-0.05, 0) is 6.07 Å². The second-order valence-corrected chi connectivity index (χ2v) is 3.90. The molecule has 20 heavy (non-hydrogen) atoms. The highest BCUT2D eigenvalue weighted by Crippen LogP contribution is 2.17. The predicted molar refractivity (Wildman–Crippen MR) is 69.0 cm³/mol. The lowest BCUT2D eigenvalue weighted by atomic mass is 10.4. The van der Waals surface area contributed by atoms with Crippen molar-refractivity contribution < 1.29 is 9.21 Å². The van der Waals surface area contributed by atoms with Crippen LogP contribution in [0.3, 0.4) is 0 Å². The Hall–Kier alpha value is -3.03. The zero-order valence-electron chi connectivity index (χ0n) is 10.5. The smallest absolute Gasteiger partial charge is 0.264 e. The molecule has 0 radical (unpaired) electrons. The summed E-state index contributed by atoms with van der Waals surface area (Å²) in [7, 11) is 0. The molecular formula is C12H10N6O2. The standard InChI is InChI=1S/C12H10N6O2/c1-8(19)15-9-7-10(18-5-2-3-14-18)17-11(16-9)12-13-4-6-20-12/h2-7H,1H3,(H,15,16,17,19). The van der Waals surface area contributed by atoms with Crippen molar-refractivity contribution in [2.45, 2.75) is 6.92 Å². The maximum Gasteiger partial charge on any atom is 0.264 e. The molecule has 0 aromatic carbocycles. The van der Waals surface area contributed by atoms with E-state index in [9.17, 15) is 4.79 Å². The minimum absolute atomic E-state index is 0.228. The molecule has 1 amide bonds. The van der Waals surface area contributed by atoms with E-state index in [2.05, 4.69) is 25.4 Å². The number of nitrogens with zero attached hydrogens (tertiary/aromatic N) is 5. The predicted octanol–water partition coefficient (Wildman–Crippen LogP) is 1.28. The summed E-state index contributed by atoms with van der Waals surface area (Å²) < 4.78 is 6.73. The SMILES string of the molecule is CC(=O)Nc1cc(-n2cccn2)nc(-c2ncco2)n1. The van der Waals surface area contributed by atoms with Gasteiger partial charge < -0.3 is 9.73 Å². The molecule has 0 saturated heterocycles. The molecule has 8 heteroatoms. The minimum atomic E-state index is -0.228. The maximum atomic E-state index is 11.2. The molecule has 0 spiro atoms. The van der Waals surface area contributed by atoms with Crippen LogP contribution in [0.2, 0.25) is 0 Å². The summed E-state index contributed by atoms with van der Waals surface area (Å²) in [5, 5.41) is 6.70. The molecule has 3 rings (SSSR count). The Morgan fingerprint density at radius 2 is 2.25 bits per heavy atom. The Bertz CT molecular complexity index is 668. The quantitative estimate of drug-likeness (QED) is 0.769. The van der Waals surface area contributed by atoms with Gasteiger partial charge in [-0.15, -0.1) is 0 Å². The Kier molecular flexibility index (Phi) is 2.96. The van der Waals surface area contributed by atoms with Gasteiger partial charge in [0.2, 0.25) is 11.7 Å². The summed E-state index contributed by atoms with van der Waals surface area (Å²) in [4.78, 5) is 23.7. The van der Waals surface area contributed by atoms with Gasteiger partial charge in [0.25, 0.3) is 5.89 Å². The first-order valence-corrected chi connectivity index (χ1v) is 5.79. The minimum Gasteiger partial charge on any atom is -0.442 e. The van der Waals surface area contributed by atoms with Gasteiger partial charge in [0, 0.05) is 25.4 Å². The van der Waals surface area contributed by atoms with E-state index in [1.165, 1.54) is 19.4 Å². The number of carbonyl (C=O) groups is 1. The van der Waals surface area contributed by atoms with E-state index in [0.717, 1.165) is 0 Å². The van der Waals surface area contributed by atoms with Gasteiger partial charge in [-0.1, -0.05) is 0 Å². The first-order chi connectivity index (χ1) is 9.72. The van der Waals surface area contributed by atoms with Crippen molar-refractivity contribution in [2.75, 3.05) is 5.32 Å². The molecule has 0 aliphatic rings. The van der Waals surface area contributed by atoms with Crippen molar-refractivity contribution >= 4 is 11.7 Å². The highest BCUT2D eigenvalue weighted by Gasteiger charge is 2.12. The third kappa shape index (κ3) is 2.39. The number of hydrogen-bond acceptors (Lipinski definition) is 6. The van der Waals surface area contributed by atoms with E-state index in [0.29, 0.717) is 11.6 Å². The fourth-order valence-electron chi connectivity index (χ4n) is 1.63. The van der Waals surface area contributed by atoms with Crippen molar-refractivity contribution in [1.82, 2.24) is 24.7 Å². The number of hydrogen-bond donors (Lipinski definition) is 1. The Morgan fingerprint density at radius 3 is 2.90 bits per heavy atom. The Labute approximate surface area is 113 Å². The molecular weight excluding hydrogens is 260 g/mol. The zero-order valence-corrected chi connectivity index (χ0v) is 10.5. The highest BCUT2D eigenvalue weighted by atomic mass is 16.3. The molecule has 0 fully saturated rings. The van der Waals surface area contributed by atoms with Crippen LogP contribution < -0.4 is 5.32 Å². The molecule has 100 valence electrons. The Morgan fingerprint density at radius 1 is 1.35 bits per heavy atom. The van der Waals surface area contributed by atoms with E-state index in [4.69, 9.17) is 4.42 Å². The molecule has 0 aliphatic heterocycles. The van der Waals surface area contributed by atoms with E-state index in [1.807, 2.05) is 0 Å². The number of oxazole rings is 1. The van der Waals surface area contributed by atoms with Gasteiger partial charge in [-0.3, -0.25) is 4.79 Å². The van der Waals surface area contributed by atoms with Crippen LogP contribution >= 0.6 is 0 Å². The van der Waals surface area contributed by atoms with Crippen molar-refractivity contribution in [3.05, 3.63) is 37.0 Å². The van der Waals surface area contributed by atoms with Crippen LogP contribution in [0.5, 0.6) is 0 Å². The maximum absolute atomic E-state index is 11.2. The summed E-state index contributed by atoms with van der Waals surface area (Å²) >= 11 is 0. The van der Waals surface area contributed by atoms with Gasteiger partial charge in [0.1, 0.15) is 12.1 Å². The van der Waals surface area contributed by atoms with E-state index in [1.54, 1.807) is 29.2 Å². The molecule has 3 heterocycles.